The highest BCUT2D eigenvalue weighted by Crippen LogP contribution is 2.19. The fourth-order valence-corrected chi connectivity index (χ4v) is 1.88. The molecule has 1 saturated carbocycles. The Labute approximate surface area is 109 Å². The molecule has 0 radical (unpaired) electrons. The molecular formula is C13H14F2N4. The largest absolute Gasteiger partial charge is 0.308 e. The molecule has 0 aliphatic heterocycles. The van der Waals surface area contributed by atoms with Crippen LogP contribution in [0.25, 0.3) is 0 Å². The van der Waals surface area contributed by atoms with E-state index in [9.17, 15) is 8.78 Å². The van der Waals surface area contributed by atoms with Crippen molar-refractivity contribution in [2.75, 3.05) is 0 Å². The van der Waals surface area contributed by atoms with Crippen LogP contribution >= 0.6 is 0 Å². The Morgan fingerprint density at radius 3 is 2.68 bits per heavy atom. The van der Waals surface area contributed by atoms with Crippen molar-refractivity contribution in [1.29, 1.82) is 0 Å². The molecule has 0 spiro atoms. The molecule has 100 valence electrons. The van der Waals surface area contributed by atoms with E-state index in [2.05, 4.69) is 15.6 Å². The summed E-state index contributed by atoms with van der Waals surface area (Å²) < 4.78 is 28.4. The highest BCUT2D eigenvalue weighted by molar-refractivity contribution is 5.19. The van der Waals surface area contributed by atoms with Gasteiger partial charge in [0, 0.05) is 18.2 Å². The van der Waals surface area contributed by atoms with Crippen molar-refractivity contribution in [3.8, 4) is 0 Å². The molecular weight excluding hydrogens is 250 g/mol. The minimum atomic E-state index is -0.562. The van der Waals surface area contributed by atoms with Gasteiger partial charge in [-0.3, -0.25) is 0 Å². The highest BCUT2D eigenvalue weighted by Gasteiger charge is 2.20. The number of nitrogens with one attached hydrogen (secondary N) is 1. The zero-order valence-corrected chi connectivity index (χ0v) is 10.3. The second-order valence-electron chi connectivity index (χ2n) is 4.76. The smallest absolute Gasteiger partial charge is 0.131 e. The molecule has 1 N–H and O–H groups in total. The molecule has 1 aliphatic carbocycles. The number of nitrogens with zero attached hydrogens (tertiary/aromatic N) is 3. The van der Waals surface area contributed by atoms with E-state index in [0.717, 1.165) is 5.69 Å². The summed E-state index contributed by atoms with van der Waals surface area (Å²) in [5.41, 5.74) is 0.790. The molecule has 19 heavy (non-hydrogen) atoms. The minimum Gasteiger partial charge on any atom is -0.308 e. The van der Waals surface area contributed by atoms with Crippen LogP contribution in [0.15, 0.2) is 24.4 Å². The number of benzene rings is 1. The first kappa shape index (κ1) is 12.2. The number of aromatic nitrogens is 3. The first-order valence-corrected chi connectivity index (χ1v) is 6.27. The third kappa shape index (κ3) is 2.96. The van der Waals surface area contributed by atoms with Gasteiger partial charge in [-0.05, 0) is 25.0 Å². The van der Waals surface area contributed by atoms with Crippen LogP contribution in [0.2, 0.25) is 0 Å². The van der Waals surface area contributed by atoms with Crippen LogP contribution in [0, 0.1) is 11.6 Å². The molecule has 1 fully saturated rings. The lowest BCUT2D eigenvalue weighted by Crippen LogP contribution is -2.15. The summed E-state index contributed by atoms with van der Waals surface area (Å²) in [6.07, 6.45) is 4.12. The maximum atomic E-state index is 13.5. The summed E-state index contributed by atoms with van der Waals surface area (Å²) in [4.78, 5) is 0. The lowest BCUT2D eigenvalue weighted by molar-refractivity contribution is 0.528. The van der Waals surface area contributed by atoms with Crippen molar-refractivity contribution >= 4 is 0 Å². The molecule has 0 amide bonds. The van der Waals surface area contributed by atoms with Gasteiger partial charge in [0.1, 0.15) is 11.6 Å². The molecule has 0 bridgehead atoms. The minimum absolute atomic E-state index is 0.00843. The summed E-state index contributed by atoms with van der Waals surface area (Å²) in [5, 5.41) is 11.2. The van der Waals surface area contributed by atoms with Crippen molar-refractivity contribution < 1.29 is 8.78 Å². The number of halogens is 2. The van der Waals surface area contributed by atoms with Crippen molar-refractivity contribution in [3.63, 3.8) is 0 Å². The van der Waals surface area contributed by atoms with E-state index in [0.29, 0.717) is 12.6 Å². The Bertz CT molecular complexity index is 558. The second-order valence-corrected chi connectivity index (χ2v) is 4.76. The van der Waals surface area contributed by atoms with Crippen LogP contribution < -0.4 is 5.32 Å². The maximum Gasteiger partial charge on any atom is 0.131 e. The molecule has 0 unspecified atom stereocenters. The number of hydrogen-bond donors (Lipinski definition) is 1. The molecule has 3 rings (SSSR count). The van der Waals surface area contributed by atoms with Gasteiger partial charge < -0.3 is 5.32 Å². The summed E-state index contributed by atoms with van der Waals surface area (Å²) in [7, 11) is 0. The van der Waals surface area contributed by atoms with Crippen molar-refractivity contribution in [1.82, 2.24) is 20.3 Å². The van der Waals surface area contributed by atoms with E-state index in [1.54, 1.807) is 6.20 Å². The first-order chi connectivity index (χ1) is 9.22. The van der Waals surface area contributed by atoms with Crippen LogP contribution in [0.3, 0.4) is 0 Å². The topological polar surface area (TPSA) is 42.7 Å². The van der Waals surface area contributed by atoms with E-state index < -0.39 is 11.6 Å². The average molecular weight is 264 g/mol. The highest BCUT2D eigenvalue weighted by atomic mass is 19.1. The Hall–Kier alpha value is -1.82. The SMILES string of the molecule is Fc1cccc(F)c1Cn1cc(CNC2CC2)nn1. The standard InChI is InChI=1S/C13H14F2N4/c14-12-2-1-3-13(15)11(12)8-19-7-10(17-18-19)6-16-9-4-5-9/h1-3,7,9,16H,4-6,8H2. The maximum absolute atomic E-state index is 13.5. The summed E-state index contributed by atoms with van der Waals surface area (Å²) in [5.74, 6) is -1.12. The van der Waals surface area contributed by atoms with Crippen LogP contribution in [0.4, 0.5) is 8.78 Å². The van der Waals surface area contributed by atoms with Gasteiger partial charge in [-0.2, -0.15) is 0 Å². The molecule has 6 heteroatoms. The fourth-order valence-electron chi connectivity index (χ4n) is 1.88. The monoisotopic (exact) mass is 264 g/mol. The fraction of sp³-hybridized carbons (Fsp3) is 0.385. The Morgan fingerprint density at radius 1 is 1.26 bits per heavy atom. The summed E-state index contributed by atoms with van der Waals surface area (Å²) >= 11 is 0. The molecule has 0 atom stereocenters. The van der Waals surface area contributed by atoms with Gasteiger partial charge in [-0.25, -0.2) is 13.5 Å². The van der Waals surface area contributed by atoms with Crippen LogP contribution in [0.1, 0.15) is 24.1 Å². The van der Waals surface area contributed by atoms with Crippen molar-refractivity contribution in [2.24, 2.45) is 0 Å². The Balaban J connectivity index is 1.68. The van der Waals surface area contributed by atoms with Gasteiger partial charge in [0.25, 0.3) is 0 Å². The quantitative estimate of drug-likeness (QED) is 0.896. The van der Waals surface area contributed by atoms with Crippen LogP contribution in [-0.4, -0.2) is 21.0 Å². The van der Waals surface area contributed by atoms with Gasteiger partial charge in [-0.15, -0.1) is 5.10 Å². The van der Waals surface area contributed by atoms with E-state index in [-0.39, 0.29) is 12.1 Å². The molecule has 1 aromatic carbocycles. The zero-order valence-electron chi connectivity index (χ0n) is 10.3. The molecule has 2 aromatic rings. The predicted molar refractivity (Wildman–Crippen MR) is 65.3 cm³/mol. The van der Waals surface area contributed by atoms with Crippen LogP contribution in [-0.2, 0) is 13.1 Å². The Morgan fingerprint density at radius 2 is 2.00 bits per heavy atom. The van der Waals surface area contributed by atoms with E-state index >= 15 is 0 Å². The number of hydrogen-bond acceptors (Lipinski definition) is 3. The van der Waals surface area contributed by atoms with Crippen LogP contribution in [0.5, 0.6) is 0 Å². The molecule has 1 aromatic heterocycles. The second kappa shape index (κ2) is 5.05. The van der Waals surface area contributed by atoms with E-state index in [1.165, 1.54) is 35.7 Å². The summed E-state index contributed by atoms with van der Waals surface area (Å²) in [6.45, 7) is 0.694. The normalized spacial score (nSPS) is 14.8. The molecule has 4 nitrogen and oxygen atoms in total. The lowest BCUT2D eigenvalue weighted by Gasteiger charge is -2.03. The Kier molecular flexibility index (Phi) is 3.25. The third-order valence-corrected chi connectivity index (χ3v) is 3.12. The van der Waals surface area contributed by atoms with Gasteiger partial charge in [0.2, 0.25) is 0 Å². The van der Waals surface area contributed by atoms with E-state index in [1.807, 2.05) is 0 Å². The zero-order chi connectivity index (χ0) is 13.2. The lowest BCUT2D eigenvalue weighted by atomic mass is 10.2. The van der Waals surface area contributed by atoms with Gasteiger partial charge in [0.05, 0.1) is 18.4 Å². The number of rotatable bonds is 5. The van der Waals surface area contributed by atoms with Crippen molar-refractivity contribution in [2.45, 2.75) is 32.0 Å². The third-order valence-electron chi connectivity index (χ3n) is 3.12. The predicted octanol–water partition coefficient (Wildman–Crippen LogP) is 1.86. The van der Waals surface area contributed by atoms with Gasteiger partial charge in [-0.1, -0.05) is 11.3 Å². The first-order valence-electron chi connectivity index (χ1n) is 6.27. The molecule has 0 saturated heterocycles. The average Bonchev–Trinajstić information content (AvgIpc) is 3.11. The van der Waals surface area contributed by atoms with Gasteiger partial charge >= 0.3 is 0 Å². The van der Waals surface area contributed by atoms with E-state index in [4.69, 9.17) is 0 Å². The molecule has 1 heterocycles. The van der Waals surface area contributed by atoms with Crippen molar-refractivity contribution in [3.05, 3.63) is 47.3 Å². The van der Waals surface area contributed by atoms with Gasteiger partial charge in [0.15, 0.2) is 0 Å². The summed E-state index contributed by atoms with van der Waals surface area (Å²) in [6, 6.07) is 4.42. The molecule has 1 aliphatic rings.